The third-order valence-electron chi connectivity index (χ3n) is 3.59. The van der Waals surface area contributed by atoms with E-state index in [2.05, 4.69) is 19.9 Å². The minimum absolute atomic E-state index is 0.0319. The van der Waals surface area contributed by atoms with E-state index < -0.39 is 0 Å². The maximum atomic E-state index is 12.0. The number of methoxy groups -OCH3 is 1. The number of carbonyl (C=O) groups excluding carboxylic acids is 1. The lowest BCUT2D eigenvalue weighted by molar-refractivity contribution is -0.122. The molecule has 0 aliphatic carbocycles. The van der Waals surface area contributed by atoms with Crippen LogP contribution in [-0.4, -0.2) is 58.6 Å². The number of aromatic nitrogens is 4. The average Bonchev–Trinajstić information content (AvgIpc) is 3.21. The van der Waals surface area contributed by atoms with E-state index in [0.717, 1.165) is 4.88 Å². The molecule has 0 unspecified atom stereocenters. The summed E-state index contributed by atoms with van der Waals surface area (Å²) in [5, 5.41) is 9.84. The second-order valence-electron chi connectivity index (χ2n) is 5.87. The van der Waals surface area contributed by atoms with E-state index in [4.69, 9.17) is 4.74 Å². The Morgan fingerprint density at radius 2 is 2.04 bits per heavy atom. The first-order valence-corrected chi connectivity index (χ1v) is 8.68. The van der Waals surface area contributed by atoms with Crippen molar-refractivity contribution in [3.63, 3.8) is 0 Å². The predicted molar refractivity (Wildman–Crippen MR) is 99.5 cm³/mol. The number of hydrogen-bond donors (Lipinski definition) is 2. The van der Waals surface area contributed by atoms with Gasteiger partial charge in [-0.2, -0.15) is 0 Å². The molecule has 0 amide bonds. The van der Waals surface area contributed by atoms with E-state index in [1.54, 1.807) is 29.4 Å². The van der Waals surface area contributed by atoms with Crippen LogP contribution in [0.15, 0.2) is 24.5 Å². The zero-order valence-corrected chi connectivity index (χ0v) is 15.5. The number of ketones is 1. The Morgan fingerprint density at radius 3 is 2.62 bits per heavy atom. The van der Waals surface area contributed by atoms with E-state index in [-0.39, 0.29) is 23.9 Å². The normalized spacial score (nSPS) is 10.9. The van der Waals surface area contributed by atoms with Crippen LogP contribution >= 0.6 is 11.3 Å². The zero-order valence-electron chi connectivity index (χ0n) is 14.7. The quantitative estimate of drug-likeness (QED) is 0.654. The molecular formula is C17H19N5O3S. The van der Waals surface area contributed by atoms with Crippen LogP contribution in [-0.2, 0) is 16.0 Å². The number of H-pyrrole nitrogens is 1. The van der Waals surface area contributed by atoms with Crippen molar-refractivity contribution in [2.75, 3.05) is 32.7 Å². The molecule has 0 radical (unpaired) electrons. The lowest BCUT2D eigenvalue weighted by atomic mass is 10.2. The molecule has 0 saturated carbocycles. The highest BCUT2D eigenvalue weighted by Gasteiger charge is 2.18. The van der Waals surface area contributed by atoms with Gasteiger partial charge in [-0.25, -0.2) is 15.0 Å². The number of aromatic hydroxyl groups is 1. The number of ether oxygens (including phenoxy) is 1. The standard InChI is InChI=1S/C17H19N5O3S/c1-22(2)17-18-7-10(8-19-17)16-20-12(6-11(23)9-25-3)15(21-16)13-4-5-14(24)26-13/h4-5,7-8,24H,6,9H2,1-3H3,(H,20,21). The number of nitrogens with one attached hydrogen (secondary N) is 1. The second kappa shape index (κ2) is 7.63. The molecule has 136 valence electrons. The van der Waals surface area contributed by atoms with Gasteiger partial charge in [0, 0.05) is 33.6 Å². The molecule has 0 fully saturated rings. The molecule has 3 aromatic rings. The van der Waals surface area contributed by atoms with Gasteiger partial charge in [0.1, 0.15) is 18.1 Å². The molecule has 2 N–H and O–H groups in total. The van der Waals surface area contributed by atoms with Gasteiger partial charge in [-0.05, 0) is 12.1 Å². The molecule has 3 aromatic heterocycles. The highest BCUT2D eigenvalue weighted by molar-refractivity contribution is 7.17. The number of imidazole rings is 1. The monoisotopic (exact) mass is 373 g/mol. The molecule has 3 heterocycles. The van der Waals surface area contributed by atoms with Gasteiger partial charge in [-0.15, -0.1) is 0 Å². The van der Waals surface area contributed by atoms with Crippen molar-refractivity contribution in [1.29, 1.82) is 0 Å². The maximum Gasteiger partial charge on any atom is 0.224 e. The first-order chi connectivity index (χ1) is 12.5. The fourth-order valence-corrected chi connectivity index (χ4v) is 3.18. The van der Waals surface area contributed by atoms with Crippen LogP contribution < -0.4 is 4.90 Å². The minimum atomic E-state index is -0.0658. The van der Waals surface area contributed by atoms with Gasteiger partial charge in [0.25, 0.3) is 0 Å². The fraction of sp³-hybridized carbons (Fsp3) is 0.294. The Labute approximate surface area is 154 Å². The Bertz CT molecular complexity index is 902. The van der Waals surface area contributed by atoms with Crippen LogP contribution in [0.5, 0.6) is 5.06 Å². The molecule has 0 spiro atoms. The minimum Gasteiger partial charge on any atom is -0.499 e. The molecule has 0 aliphatic heterocycles. The topological polar surface area (TPSA) is 104 Å². The Hall–Kier alpha value is -2.78. The zero-order chi connectivity index (χ0) is 18.7. The molecule has 0 saturated heterocycles. The molecule has 0 atom stereocenters. The smallest absolute Gasteiger partial charge is 0.224 e. The van der Waals surface area contributed by atoms with Crippen LogP contribution in [0.2, 0.25) is 0 Å². The summed E-state index contributed by atoms with van der Waals surface area (Å²) in [6.45, 7) is 0.0319. The van der Waals surface area contributed by atoms with Gasteiger partial charge in [-0.3, -0.25) is 4.79 Å². The molecular weight excluding hydrogens is 354 g/mol. The van der Waals surface area contributed by atoms with Crippen molar-refractivity contribution >= 4 is 23.1 Å². The number of carbonyl (C=O) groups is 1. The summed E-state index contributed by atoms with van der Waals surface area (Å²) < 4.78 is 4.91. The number of anilines is 1. The summed E-state index contributed by atoms with van der Waals surface area (Å²) in [5.74, 6) is 1.10. The lowest BCUT2D eigenvalue weighted by Gasteiger charge is -2.08. The van der Waals surface area contributed by atoms with Crippen LogP contribution in [0.3, 0.4) is 0 Å². The van der Waals surface area contributed by atoms with Crippen molar-refractivity contribution < 1.29 is 14.6 Å². The van der Waals surface area contributed by atoms with Gasteiger partial charge in [0.2, 0.25) is 5.95 Å². The largest absolute Gasteiger partial charge is 0.499 e. The number of nitrogens with zero attached hydrogens (tertiary/aromatic N) is 4. The van der Waals surface area contributed by atoms with E-state index in [0.29, 0.717) is 28.7 Å². The van der Waals surface area contributed by atoms with Gasteiger partial charge < -0.3 is 19.7 Å². The average molecular weight is 373 g/mol. The van der Waals surface area contributed by atoms with Gasteiger partial charge in [0.05, 0.1) is 22.6 Å². The highest BCUT2D eigenvalue weighted by atomic mass is 32.1. The maximum absolute atomic E-state index is 12.0. The van der Waals surface area contributed by atoms with Gasteiger partial charge >= 0.3 is 0 Å². The number of rotatable bonds is 7. The summed E-state index contributed by atoms with van der Waals surface area (Å²) >= 11 is 1.20. The first kappa shape index (κ1) is 18.0. The summed E-state index contributed by atoms with van der Waals surface area (Å²) in [4.78, 5) is 31.0. The molecule has 9 heteroatoms. The van der Waals surface area contributed by atoms with Gasteiger partial charge in [-0.1, -0.05) is 11.3 Å². The van der Waals surface area contributed by atoms with Crippen LogP contribution in [0, 0.1) is 0 Å². The third-order valence-corrected chi connectivity index (χ3v) is 4.49. The lowest BCUT2D eigenvalue weighted by Crippen LogP contribution is -2.12. The fourth-order valence-electron chi connectivity index (χ4n) is 2.42. The highest BCUT2D eigenvalue weighted by Crippen LogP contribution is 2.34. The summed E-state index contributed by atoms with van der Waals surface area (Å²) in [7, 11) is 5.21. The third kappa shape index (κ3) is 3.89. The van der Waals surface area contributed by atoms with E-state index in [9.17, 15) is 9.90 Å². The molecule has 0 aromatic carbocycles. The SMILES string of the molecule is COCC(=O)Cc1[nH]c(-c2cnc(N(C)C)nc2)nc1-c1ccc(O)s1. The van der Waals surface area contributed by atoms with Crippen LogP contribution in [0.4, 0.5) is 5.95 Å². The van der Waals surface area contributed by atoms with Crippen molar-refractivity contribution in [1.82, 2.24) is 19.9 Å². The van der Waals surface area contributed by atoms with E-state index in [1.807, 2.05) is 14.1 Å². The van der Waals surface area contributed by atoms with Crippen molar-refractivity contribution in [2.24, 2.45) is 0 Å². The Morgan fingerprint density at radius 1 is 1.31 bits per heavy atom. The number of Topliss-reactive ketones (excluding diaryl/α,β-unsaturated/α-hetero) is 1. The summed E-state index contributed by atoms with van der Waals surface area (Å²) in [6.07, 6.45) is 3.51. The summed E-state index contributed by atoms with van der Waals surface area (Å²) in [6, 6.07) is 3.37. The van der Waals surface area contributed by atoms with E-state index in [1.165, 1.54) is 18.4 Å². The Balaban J connectivity index is 1.98. The van der Waals surface area contributed by atoms with Gasteiger partial charge in [0.15, 0.2) is 10.8 Å². The molecule has 0 aliphatic rings. The number of aromatic amines is 1. The van der Waals surface area contributed by atoms with E-state index >= 15 is 0 Å². The summed E-state index contributed by atoms with van der Waals surface area (Å²) in [5.41, 5.74) is 2.01. The van der Waals surface area contributed by atoms with Crippen molar-refractivity contribution in [2.45, 2.75) is 6.42 Å². The molecule has 26 heavy (non-hydrogen) atoms. The first-order valence-electron chi connectivity index (χ1n) is 7.86. The number of hydrogen-bond acceptors (Lipinski definition) is 8. The predicted octanol–water partition coefficient (Wildman–Crippen LogP) is 2.12. The second-order valence-corrected chi connectivity index (χ2v) is 6.93. The Kier molecular flexibility index (Phi) is 5.29. The van der Waals surface area contributed by atoms with Crippen LogP contribution in [0.1, 0.15) is 5.69 Å². The van der Waals surface area contributed by atoms with Crippen molar-refractivity contribution in [3.05, 3.63) is 30.2 Å². The molecule has 3 rings (SSSR count). The van der Waals surface area contributed by atoms with Crippen molar-refractivity contribution in [3.8, 4) is 27.0 Å². The number of thiophene rings is 1. The van der Waals surface area contributed by atoms with Crippen LogP contribution in [0.25, 0.3) is 22.0 Å². The molecule has 0 bridgehead atoms. The molecule has 8 nitrogen and oxygen atoms in total.